The number of nitrogens with zero attached hydrogens (tertiary/aromatic N) is 2. The summed E-state index contributed by atoms with van der Waals surface area (Å²) in [5.41, 5.74) is 0. The van der Waals surface area contributed by atoms with Gasteiger partial charge in [-0.25, -0.2) is 0 Å². The number of carbonyl (C=O) groups excluding carboxylic acids is 1. The highest BCUT2D eigenvalue weighted by Crippen LogP contribution is 2.23. The maximum atomic E-state index is 12.7. The zero-order valence-electron chi connectivity index (χ0n) is 12.7. The molecule has 0 saturated carbocycles. The van der Waals surface area contributed by atoms with Crippen LogP contribution in [-0.4, -0.2) is 55.8 Å². The Hall–Kier alpha value is -0.660. The van der Waals surface area contributed by atoms with Crippen LogP contribution < -0.4 is 0 Å². The molecule has 1 aliphatic heterocycles. The number of esters is 1. The standard InChI is InChI=1S/C13H26N2O4S/c1-4-9-14(10-5-2)20(17,18)15-11-7-6-8-12(15)13(16)19-3/h12H,4-11H2,1-3H3. The topological polar surface area (TPSA) is 66.9 Å². The summed E-state index contributed by atoms with van der Waals surface area (Å²) in [6.07, 6.45) is 3.70. The lowest BCUT2D eigenvalue weighted by molar-refractivity contribution is -0.146. The highest BCUT2D eigenvalue weighted by Gasteiger charge is 2.40. The molecular formula is C13H26N2O4S. The fourth-order valence-corrected chi connectivity index (χ4v) is 4.54. The molecule has 118 valence electrons. The molecule has 0 aliphatic carbocycles. The summed E-state index contributed by atoms with van der Waals surface area (Å²) < 4.78 is 33.0. The molecule has 0 bridgehead atoms. The number of piperidine rings is 1. The van der Waals surface area contributed by atoms with E-state index in [-0.39, 0.29) is 0 Å². The van der Waals surface area contributed by atoms with E-state index in [0.29, 0.717) is 26.1 Å². The first-order chi connectivity index (χ1) is 9.48. The summed E-state index contributed by atoms with van der Waals surface area (Å²) >= 11 is 0. The number of methoxy groups -OCH3 is 1. The van der Waals surface area contributed by atoms with Crippen LogP contribution in [0.5, 0.6) is 0 Å². The van der Waals surface area contributed by atoms with Gasteiger partial charge in [-0.15, -0.1) is 0 Å². The number of carbonyl (C=O) groups is 1. The summed E-state index contributed by atoms with van der Waals surface area (Å²) in [6, 6.07) is -0.671. The van der Waals surface area contributed by atoms with Gasteiger partial charge in [0.25, 0.3) is 10.2 Å². The molecule has 0 spiro atoms. The Morgan fingerprint density at radius 2 is 1.85 bits per heavy atom. The van der Waals surface area contributed by atoms with Gasteiger partial charge in [0, 0.05) is 19.6 Å². The van der Waals surface area contributed by atoms with Gasteiger partial charge in [0.2, 0.25) is 0 Å². The predicted octanol–water partition coefficient (Wildman–Crippen LogP) is 1.38. The molecular weight excluding hydrogens is 280 g/mol. The van der Waals surface area contributed by atoms with Crippen LogP contribution in [0.25, 0.3) is 0 Å². The van der Waals surface area contributed by atoms with Crippen LogP contribution in [0, 0.1) is 0 Å². The van der Waals surface area contributed by atoms with Crippen molar-refractivity contribution in [2.45, 2.75) is 52.0 Å². The number of hydrogen-bond donors (Lipinski definition) is 0. The average molecular weight is 306 g/mol. The second-order valence-corrected chi connectivity index (χ2v) is 6.93. The highest BCUT2D eigenvalue weighted by molar-refractivity contribution is 7.86. The van der Waals surface area contributed by atoms with Crippen LogP contribution in [0.3, 0.4) is 0 Å². The van der Waals surface area contributed by atoms with E-state index in [1.54, 1.807) is 0 Å². The Labute approximate surface area is 122 Å². The largest absolute Gasteiger partial charge is 0.468 e. The molecule has 0 amide bonds. The second kappa shape index (κ2) is 7.95. The summed E-state index contributed by atoms with van der Waals surface area (Å²) in [5.74, 6) is -0.457. The van der Waals surface area contributed by atoms with E-state index in [9.17, 15) is 13.2 Å². The van der Waals surface area contributed by atoms with Crippen LogP contribution in [0.15, 0.2) is 0 Å². The maximum absolute atomic E-state index is 12.7. The number of hydrogen-bond acceptors (Lipinski definition) is 4. The minimum Gasteiger partial charge on any atom is -0.468 e. The van der Waals surface area contributed by atoms with Gasteiger partial charge < -0.3 is 4.74 Å². The third kappa shape index (κ3) is 3.93. The molecule has 7 heteroatoms. The fourth-order valence-electron chi connectivity index (χ4n) is 2.54. The lowest BCUT2D eigenvalue weighted by atomic mass is 10.1. The van der Waals surface area contributed by atoms with Crippen molar-refractivity contribution in [3.63, 3.8) is 0 Å². The molecule has 0 aromatic heterocycles. The van der Waals surface area contributed by atoms with Crippen molar-refractivity contribution in [1.29, 1.82) is 0 Å². The van der Waals surface area contributed by atoms with Crippen molar-refractivity contribution in [2.24, 2.45) is 0 Å². The van der Waals surface area contributed by atoms with E-state index in [2.05, 4.69) is 0 Å². The third-order valence-corrected chi connectivity index (χ3v) is 5.54. The first-order valence-corrected chi connectivity index (χ1v) is 8.73. The lowest BCUT2D eigenvalue weighted by Gasteiger charge is -2.36. The molecule has 1 atom stereocenters. The van der Waals surface area contributed by atoms with E-state index in [4.69, 9.17) is 4.74 Å². The predicted molar refractivity (Wildman–Crippen MR) is 77.4 cm³/mol. The van der Waals surface area contributed by atoms with Gasteiger partial charge in [-0.2, -0.15) is 17.0 Å². The van der Waals surface area contributed by atoms with E-state index in [0.717, 1.165) is 25.7 Å². The molecule has 1 heterocycles. The minimum absolute atomic E-state index is 0.395. The molecule has 6 nitrogen and oxygen atoms in total. The molecule has 20 heavy (non-hydrogen) atoms. The Morgan fingerprint density at radius 1 is 1.25 bits per heavy atom. The van der Waals surface area contributed by atoms with Gasteiger partial charge >= 0.3 is 5.97 Å². The van der Waals surface area contributed by atoms with Gasteiger partial charge in [-0.1, -0.05) is 13.8 Å². The highest BCUT2D eigenvalue weighted by atomic mass is 32.2. The second-order valence-electron chi connectivity index (χ2n) is 5.05. The van der Waals surface area contributed by atoms with Crippen molar-refractivity contribution in [3.05, 3.63) is 0 Å². The Kier molecular flexibility index (Phi) is 6.91. The van der Waals surface area contributed by atoms with Crippen molar-refractivity contribution in [1.82, 2.24) is 8.61 Å². The smallest absolute Gasteiger partial charge is 0.324 e. The molecule has 1 saturated heterocycles. The van der Waals surface area contributed by atoms with Gasteiger partial charge in [0.05, 0.1) is 7.11 Å². The van der Waals surface area contributed by atoms with E-state index in [1.165, 1.54) is 15.7 Å². The molecule has 1 rings (SSSR count). The maximum Gasteiger partial charge on any atom is 0.324 e. The SMILES string of the molecule is CCCN(CCC)S(=O)(=O)N1CCCCC1C(=O)OC. The van der Waals surface area contributed by atoms with Crippen LogP contribution in [0.4, 0.5) is 0 Å². The number of ether oxygens (including phenoxy) is 1. The average Bonchev–Trinajstić information content (AvgIpc) is 2.46. The molecule has 1 unspecified atom stereocenters. The monoisotopic (exact) mass is 306 g/mol. The first-order valence-electron chi connectivity index (χ1n) is 7.33. The van der Waals surface area contributed by atoms with E-state index < -0.39 is 22.2 Å². The van der Waals surface area contributed by atoms with Gasteiger partial charge in [-0.3, -0.25) is 4.79 Å². The fraction of sp³-hybridized carbons (Fsp3) is 0.923. The van der Waals surface area contributed by atoms with Crippen molar-refractivity contribution < 1.29 is 17.9 Å². The zero-order valence-corrected chi connectivity index (χ0v) is 13.5. The van der Waals surface area contributed by atoms with Gasteiger partial charge in [0.1, 0.15) is 6.04 Å². The van der Waals surface area contributed by atoms with Crippen molar-refractivity contribution in [2.75, 3.05) is 26.7 Å². The van der Waals surface area contributed by atoms with E-state index >= 15 is 0 Å². The first kappa shape index (κ1) is 17.4. The van der Waals surface area contributed by atoms with E-state index in [1.807, 2.05) is 13.8 Å². The third-order valence-electron chi connectivity index (χ3n) is 3.50. The lowest BCUT2D eigenvalue weighted by Crippen LogP contribution is -2.53. The normalized spacial score (nSPS) is 21.1. The Morgan fingerprint density at radius 3 is 2.35 bits per heavy atom. The molecule has 0 radical (unpaired) electrons. The Bertz CT molecular complexity index is 405. The Balaban J connectivity index is 2.98. The molecule has 0 aromatic carbocycles. The van der Waals surface area contributed by atoms with Crippen molar-refractivity contribution >= 4 is 16.2 Å². The zero-order chi connectivity index (χ0) is 15.2. The van der Waals surface area contributed by atoms with Crippen LogP contribution in [0.1, 0.15) is 46.0 Å². The quantitative estimate of drug-likeness (QED) is 0.667. The minimum atomic E-state index is -3.59. The van der Waals surface area contributed by atoms with Gasteiger partial charge in [-0.05, 0) is 32.1 Å². The van der Waals surface area contributed by atoms with Crippen LogP contribution in [-0.2, 0) is 19.7 Å². The molecule has 0 aromatic rings. The molecule has 1 aliphatic rings. The van der Waals surface area contributed by atoms with Crippen LogP contribution >= 0.6 is 0 Å². The molecule has 1 fully saturated rings. The molecule has 0 N–H and O–H groups in total. The summed E-state index contributed by atoms with van der Waals surface area (Å²) in [4.78, 5) is 11.8. The number of rotatable bonds is 7. The van der Waals surface area contributed by atoms with Crippen LogP contribution in [0.2, 0.25) is 0 Å². The van der Waals surface area contributed by atoms with Crippen molar-refractivity contribution in [3.8, 4) is 0 Å². The summed E-state index contributed by atoms with van der Waals surface area (Å²) in [7, 11) is -2.28. The summed E-state index contributed by atoms with van der Waals surface area (Å²) in [6.45, 7) is 5.27. The van der Waals surface area contributed by atoms with Gasteiger partial charge in [0.15, 0.2) is 0 Å². The summed E-state index contributed by atoms with van der Waals surface area (Å²) in [5, 5.41) is 0.